The largest absolute Gasteiger partial charge is 0.322 e. The number of nitrogens with zero attached hydrogens (tertiary/aromatic N) is 2. The number of rotatable bonds is 4. The van der Waals surface area contributed by atoms with Crippen LogP contribution >= 0.6 is 35.6 Å². The van der Waals surface area contributed by atoms with E-state index in [4.69, 9.17) is 23.2 Å². The first-order valence-corrected chi connectivity index (χ1v) is 8.49. The Kier molecular flexibility index (Phi) is 7.47. The molecule has 3 rings (SSSR count). The fourth-order valence-electron chi connectivity index (χ4n) is 2.82. The van der Waals surface area contributed by atoms with Gasteiger partial charge in [-0.15, -0.1) is 12.4 Å². The predicted octanol–water partition coefficient (Wildman–Crippen LogP) is 3.40. The molecule has 0 spiro atoms. The molecule has 1 saturated heterocycles. The van der Waals surface area contributed by atoms with Gasteiger partial charge in [-0.3, -0.25) is 14.7 Å². The molecule has 2 heterocycles. The average Bonchev–Trinajstić information content (AvgIpc) is 2.60. The zero-order valence-corrected chi connectivity index (χ0v) is 15.7. The van der Waals surface area contributed by atoms with Gasteiger partial charge in [0, 0.05) is 38.1 Å². The number of anilines is 1. The molecule has 2 N–H and O–H groups in total. The number of aromatic nitrogens is 1. The zero-order valence-electron chi connectivity index (χ0n) is 13.4. The quantitative estimate of drug-likeness (QED) is 0.824. The molecule has 0 radical (unpaired) electrons. The van der Waals surface area contributed by atoms with E-state index in [-0.39, 0.29) is 30.9 Å². The van der Waals surface area contributed by atoms with Gasteiger partial charge >= 0.3 is 0 Å². The van der Waals surface area contributed by atoms with Crippen LogP contribution in [0, 0.1) is 0 Å². The van der Waals surface area contributed by atoms with Gasteiger partial charge in [0.15, 0.2) is 0 Å². The van der Waals surface area contributed by atoms with Gasteiger partial charge in [-0.25, -0.2) is 0 Å². The summed E-state index contributed by atoms with van der Waals surface area (Å²) in [5, 5.41) is 7.04. The number of para-hydroxylation sites is 1. The van der Waals surface area contributed by atoms with Crippen molar-refractivity contribution in [3.05, 3.63) is 58.3 Å². The summed E-state index contributed by atoms with van der Waals surface area (Å²) in [5.74, 6) is -0.138. The first-order valence-electron chi connectivity index (χ1n) is 7.73. The number of hydrogen-bond donors (Lipinski definition) is 2. The van der Waals surface area contributed by atoms with E-state index in [0.717, 1.165) is 25.2 Å². The Bertz CT molecular complexity index is 694. The Balaban J connectivity index is 0.00000225. The molecular weight excluding hydrogens is 383 g/mol. The van der Waals surface area contributed by atoms with Crippen molar-refractivity contribution in [3.8, 4) is 0 Å². The van der Waals surface area contributed by atoms with E-state index in [1.165, 1.54) is 0 Å². The number of nitrogens with one attached hydrogen (secondary N) is 2. The Morgan fingerprint density at radius 1 is 1.28 bits per heavy atom. The first-order chi connectivity index (χ1) is 11.6. The van der Waals surface area contributed by atoms with Crippen molar-refractivity contribution in [3.63, 3.8) is 0 Å². The lowest BCUT2D eigenvalue weighted by Crippen LogP contribution is -2.48. The zero-order chi connectivity index (χ0) is 16.9. The number of amides is 1. The molecule has 2 aromatic rings. The second kappa shape index (κ2) is 9.36. The fourth-order valence-corrected chi connectivity index (χ4v) is 3.31. The number of pyridine rings is 1. The molecule has 25 heavy (non-hydrogen) atoms. The van der Waals surface area contributed by atoms with Crippen molar-refractivity contribution in [2.24, 2.45) is 0 Å². The van der Waals surface area contributed by atoms with Crippen molar-refractivity contribution in [1.82, 2.24) is 15.2 Å². The number of piperazine rings is 1. The molecule has 0 saturated carbocycles. The van der Waals surface area contributed by atoms with Crippen LogP contribution in [0.1, 0.15) is 11.6 Å². The van der Waals surface area contributed by atoms with Gasteiger partial charge < -0.3 is 10.6 Å². The van der Waals surface area contributed by atoms with E-state index in [1.807, 2.05) is 18.3 Å². The van der Waals surface area contributed by atoms with Crippen LogP contribution < -0.4 is 10.6 Å². The highest BCUT2D eigenvalue weighted by atomic mass is 35.5. The van der Waals surface area contributed by atoms with Crippen LogP contribution in [0.4, 0.5) is 5.69 Å². The number of carbonyl (C=O) groups excluding carboxylic acids is 1. The lowest BCUT2D eigenvalue weighted by molar-refractivity contribution is -0.118. The lowest BCUT2D eigenvalue weighted by atomic mass is 10.1. The van der Waals surface area contributed by atoms with Crippen LogP contribution in [0.3, 0.4) is 0 Å². The maximum absolute atomic E-state index is 12.5. The monoisotopic (exact) mass is 400 g/mol. The van der Waals surface area contributed by atoms with E-state index >= 15 is 0 Å². The van der Waals surface area contributed by atoms with Crippen LogP contribution in [0.15, 0.2) is 42.7 Å². The number of halogens is 3. The Morgan fingerprint density at radius 2 is 2.04 bits per heavy atom. The summed E-state index contributed by atoms with van der Waals surface area (Å²) in [6, 6.07) is 9.19. The van der Waals surface area contributed by atoms with Gasteiger partial charge in [0.1, 0.15) is 0 Å². The second-order valence-corrected chi connectivity index (χ2v) is 6.44. The molecule has 1 unspecified atom stereocenters. The van der Waals surface area contributed by atoms with Crippen molar-refractivity contribution >= 4 is 47.2 Å². The third kappa shape index (κ3) is 5.06. The predicted molar refractivity (Wildman–Crippen MR) is 104 cm³/mol. The smallest absolute Gasteiger partial charge is 0.238 e. The number of benzene rings is 1. The summed E-state index contributed by atoms with van der Waals surface area (Å²) in [6.07, 6.45) is 3.59. The molecule has 1 aliphatic heterocycles. The first kappa shape index (κ1) is 19.9. The average molecular weight is 402 g/mol. The summed E-state index contributed by atoms with van der Waals surface area (Å²) in [7, 11) is 0. The summed E-state index contributed by atoms with van der Waals surface area (Å²) in [4.78, 5) is 18.8. The van der Waals surface area contributed by atoms with Gasteiger partial charge in [-0.1, -0.05) is 35.3 Å². The molecule has 0 aliphatic carbocycles. The molecule has 134 valence electrons. The highest BCUT2D eigenvalue weighted by molar-refractivity contribution is 6.39. The van der Waals surface area contributed by atoms with Crippen LogP contribution in [0.5, 0.6) is 0 Å². The van der Waals surface area contributed by atoms with Gasteiger partial charge in [0.05, 0.1) is 22.3 Å². The summed E-state index contributed by atoms with van der Waals surface area (Å²) in [5.41, 5.74) is 1.55. The molecular formula is C17H19Cl3N4O. The minimum atomic E-state index is -0.138. The maximum atomic E-state index is 12.5. The fraction of sp³-hybridized carbons (Fsp3) is 0.294. The SMILES string of the molecule is Cl.O=C(CN1CCNCC1c1cccnc1)Nc1c(Cl)cccc1Cl. The van der Waals surface area contributed by atoms with Crippen molar-refractivity contribution in [2.45, 2.75) is 6.04 Å². The van der Waals surface area contributed by atoms with Gasteiger partial charge in [-0.2, -0.15) is 0 Å². The van der Waals surface area contributed by atoms with Crippen LogP contribution in [-0.4, -0.2) is 42.0 Å². The molecule has 1 fully saturated rings. The topological polar surface area (TPSA) is 57.3 Å². The van der Waals surface area contributed by atoms with Gasteiger partial charge in [0.2, 0.25) is 5.91 Å². The maximum Gasteiger partial charge on any atom is 0.238 e. The summed E-state index contributed by atoms with van der Waals surface area (Å²) < 4.78 is 0. The number of hydrogen-bond acceptors (Lipinski definition) is 4. The normalized spacial score (nSPS) is 17.6. The molecule has 1 amide bonds. The van der Waals surface area contributed by atoms with E-state index in [0.29, 0.717) is 15.7 Å². The Morgan fingerprint density at radius 3 is 2.72 bits per heavy atom. The molecule has 1 atom stereocenters. The minimum absolute atomic E-state index is 0. The van der Waals surface area contributed by atoms with Crippen molar-refractivity contribution < 1.29 is 4.79 Å². The van der Waals surface area contributed by atoms with Crippen molar-refractivity contribution in [1.29, 1.82) is 0 Å². The van der Waals surface area contributed by atoms with Crippen LogP contribution in [-0.2, 0) is 4.79 Å². The molecule has 8 heteroatoms. The molecule has 1 aromatic carbocycles. The number of carbonyl (C=O) groups is 1. The van der Waals surface area contributed by atoms with Gasteiger partial charge in [-0.05, 0) is 23.8 Å². The summed E-state index contributed by atoms with van der Waals surface area (Å²) in [6.45, 7) is 2.68. The highest BCUT2D eigenvalue weighted by Gasteiger charge is 2.26. The molecule has 5 nitrogen and oxygen atoms in total. The van der Waals surface area contributed by atoms with E-state index in [1.54, 1.807) is 24.4 Å². The lowest BCUT2D eigenvalue weighted by Gasteiger charge is -2.35. The molecule has 0 bridgehead atoms. The molecule has 1 aliphatic rings. The Hall–Kier alpha value is -1.37. The minimum Gasteiger partial charge on any atom is -0.322 e. The van der Waals surface area contributed by atoms with Crippen LogP contribution in [0.2, 0.25) is 10.0 Å². The molecule has 1 aromatic heterocycles. The Labute approximate surface area is 163 Å². The highest BCUT2D eigenvalue weighted by Crippen LogP contribution is 2.30. The third-order valence-corrected chi connectivity index (χ3v) is 4.63. The van der Waals surface area contributed by atoms with E-state index in [9.17, 15) is 4.79 Å². The van der Waals surface area contributed by atoms with Gasteiger partial charge in [0.25, 0.3) is 0 Å². The van der Waals surface area contributed by atoms with E-state index < -0.39 is 0 Å². The van der Waals surface area contributed by atoms with Crippen molar-refractivity contribution in [2.75, 3.05) is 31.5 Å². The second-order valence-electron chi connectivity index (χ2n) is 5.62. The van der Waals surface area contributed by atoms with E-state index in [2.05, 4.69) is 20.5 Å². The summed E-state index contributed by atoms with van der Waals surface area (Å²) >= 11 is 12.2. The standard InChI is InChI=1S/C17H18Cl2N4O.ClH/c18-13-4-1-5-14(19)17(13)22-16(24)11-23-8-7-21-10-15(23)12-3-2-6-20-9-12;/h1-6,9,15,21H,7-8,10-11H2,(H,22,24);1H. The third-order valence-electron chi connectivity index (χ3n) is 4.00. The van der Waals surface area contributed by atoms with Crippen LogP contribution in [0.25, 0.3) is 0 Å².